The van der Waals surface area contributed by atoms with E-state index in [4.69, 9.17) is 10.7 Å². The number of imidazole rings is 1. The van der Waals surface area contributed by atoms with E-state index < -0.39 is 0 Å². The molecular formula is C22H25N3. The summed E-state index contributed by atoms with van der Waals surface area (Å²) in [6.07, 6.45) is 4.38. The van der Waals surface area contributed by atoms with E-state index in [-0.39, 0.29) is 0 Å². The van der Waals surface area contributed by atoms with E-state index in [2.05, 4.69) is 67.1 Å². The second-order valence-electron chi connectivity index (χ2n) is 7.23. The molecule has 128 valence electrons. The molecule has 1 aliphatic heterocycles. The Balaban J connectivity index is 1.66. The summed E-state index contributed by atoms with van der Waals surface area (Å²) in [5.74, 6) is 1.78. The minimum absolute atomic E-state index is 0.583. The maximum Gasteiger partial charge on any atom is 0.109 e. The van der Waals surface area contributed by atoms with Crippen molar-refractivity contribution in [2.24, 2.45) is 11.7 Å². The van der Waals surface area contributed by atoms with Crippen molar-refractivity contribution in [1.82, 2.24) is 9.55 Å². The Hall–Kier alpha value is -2.39. The highest BCUT2D eigenvalue weighted by Gasteiger charge is 2.20. The Morgan fingerprint density at radius 1 is 1.08 bits per heavy atom. The summed E-state index contributed by atoms with van der Waals surface area (Å²) in [5, 5.41) is 0. The first-order valence-corrected chi connectivity index (χ1v) is 9.08. The highest BCUT2D eigenvalue weighted by Crippen LogP contribution is 2.30. The Morgan fingerprint density at radius 2 is 1.84 bits per heavy atom. The molecule has 0 amide bonds. The molecule has 1 aromatic heterocycles. The summed E-state index contributed by atoms with van der Waals surface area (Å²) in [6, 6.07) is 15.4. The van der Waals surface area contributed by atoms with Crippen LogP contribution in [0.1, 0.15) is 23.4 Å². The van der Waals surface area contributed by atoms with Crippen molar-refractivity contribution in [3.05, 3.63) is 65.6 Å². The lowest BCUT2D eigenvalue weighted by Crippen LogP contribution is -2.25. The largest absolute Gasteiger partial charge is 0.334 e. The van der Waals surface area contributed by atoms with Crippen LogP contribution < -0.4 is 5.73 Å². The summed E-state index contributed by atoms with van der Waals surface area (Å²) >= 11 is 0. The maximum atomic E-state index is 5.85. The molecule has 3 nitrogen and oxygen atoms in total. The van der Waals surface area contributed by atoms with Crippen LogP contribution in [0.4, 0.5) is 0 Å². The molecule has 1 unspecified atom stereocenters. The van der Waals surface area contributed by atoms with Gasteiger partial charge in [0.25, 0.3) is 0 Å². The van der Waals surface area contributed by atoms with Crippen molar-refractivity contribution in [2.75, 3.05) is 6.54 Å². The number of fused-ring (bicyclic) bond motifs is 1. The van der Waals surface area contributed by atoms with Crippen molar-refractivity contribution in [2.45, 2.75) is 33.2 Å². The predicted octanol–water partition coefficient (Wildman–Crippen LogP) is 4.36. The topological polar surface area (TPSA) is 43.8 Å². The van der Waals surface area contributed by atoms with Gasteiger partial charge in [0.05, 0.1) is 5.69 Å². The van der Waals surface area contributed by atoms with E-state index in [1.807, 2.05) is 0 Å². The average molecular weight is 331 g/mol. The summed E-state index contributed by atoms with van der Waals surface area (Å²) in [6.45, 7) is 6.05. The zero-order chi connectivity index (χ0) is 17.4. The van der Waals surface area contributed by atoms with E-state index in [1.54, 1.807) is 0 Å². The first kappa shape index (κ1) is 16.1. The molecule has 0 spiro atoms. The number of aromatic nitrogens is 2. The van der Waals surface area contributed by atoms with Crippen LogP contribution in [0.2, 0.25) is 0 Å². The summed E-state index contributed by atoms with van der Waals surface area (Å²) in [4.78, 5) is 4.89. The molecule has 2 N–H and O–H groups in total. The molecule has 0 fully saturated rings. The van der Waals surface area contributed by atoms with Crippen molar-refractivity contribution in [3.8, 4) is 22.4 Å². The van der Waals surface area contributed by atoms with Gasteiger partial charge in [-0.05, 0) is 49.4 Å². The molecule has 3 aromatic rings. The molecule has 0 saturated carbocycles. The smallest absolute Gasteiger partial charge is 0.109 e. The van der Waals surface area contributed by atoms with Crippen LogP contribution in [-0.2, 0) is 13.0 Å². The molecule has 2 heterocycles. The Bertz CT molecular complexity index is 890. The van der Waals surface area contributed by atoms with Gasteiger partial charge in [0.2, 0.25) is 0 Å². The minimum Gasteiger partial charge on any atom is -0.334 e. The number of nitrogens with zero attached hydrogens (tertiary/aromatic N) is 2. The van der Waals surface area contributed by atoms with Crippen LogP contribution >= 0.6 is 0 Å². The zero-order valence-electron chi connectivity index (χ0n) is 15.0. The van der Waals surface area contributed by atoms with Crippen LogP contribution in [0.25, 0.3) is 22.4 Å². The summed E-state index contributed by atoms with van der Waals surface area (Å²) < 4.78 is 2.30. The van der Waals surface area contributed by atoms with Gasteiger partial charge in [-0.2, -0.15) is 0 Å². The Labute approximate surface area is 149 Å². The number of benzene rings is 2. The van der Waals surface area contributed by atoms with E-state index in [9.17, 15) is 0 Å². The van der Waals surface area contributed by atoms with Crippen LogP contribution in [0.15, 0.2) is 48.7 Å². The van der Waals surface area contributed by atoms with Gasteiger partial charge in [-0.1, -0.05) is 48.0 Å². The number of hydrogen-bond donors (Lipinski definition) is 1. The van der Waals surface area contributed by atoms with Gasteiger partial charge in [-0.3, -0.25) is 0 Å². The summed E-state index contributed by atoms with van der Waals surface area (Å²) in [5.41, 5.74) is 13.2. The molecule has 0 radical (unpaired) electrons. The molecule has 3 heteroatoms. The number of nitrogens with two attached hydrogens (primary N) is 1. The van der Waals surface area contributed by atoms with Crippen LogP contribution in [0, 0.1) is 19.8 Å². The van der Waals surface area contributed by atoms with Crippen LogP contribution in [0.5, 0.6) is 0 Å². The van der Waals surface area contributed by atoms with Crippen molar-refractivity contribution >= 4 is 0 Å². The normalized spacial score (nSPS) is 16.7. The molecule has 0 aliphatic carbocycles. The van der Waals surface area contributed by atoms with Gasteiger partial charge in [0.1, 0.15) is 5.82 Å². The van der Waals surface area contributed by atoms with Crippen LogP contribution in [-0.4, -0.2) is 16.1 Å². The van der Waals surface area contributed by atoms with Gasteiger partial charge in [-0.15, -0.1) is 0 Å². The van der Waals surface area contributed by atoms with Gasteiger partial charge in [0.15, 0.2) is 0 Å². The monoisotopic (exact) mass is 331 g/mol. The fraction of sp³-hybridized carbons (Fsp3) is 0.318. The SMILES string of the molecule is Cc1ccc(-c2ccc(-c3cn4c(n3)CCC(CN)C4)c(C)c2)cc1. The lowest BCUT2D eigenvalue weighted by molar-refractivity contribution is 0.373. The number of hydrogen-bond acceptors (Lipinski definition) is 2. The first-order valence-electron chi connectivity index (χ1n) is 9.08. The third kappa shape index (κ3) is 3.12. The lowest BCUT2D eigenvalue weighted by atomic mass is 9.98. The lowest BCUT2D eigenvalue weighted by Gasteiger charge is -2.21. The highest BCUT2D eigenvalue weighted by atomic mass is 15.1. The van der Waals surface area contributed by atoms with Crippen molar-refractivity contribution < 1.29 is 0 Å². The van der Waals surface area contributed by atoms with E-state index in [1.165, 1.54) is 33.6 Å². The fourth-order valence-electron chi connectivity index (χ4n) is 3.71. The third-order valence-electron chi connectivity index (χ3n) is 5.31. The van der Waals surface area contributed by atoms with Crippen molar-refractivity contribution in [1.29, 1.82) is 0 Å². The quantitative estimate of drug-likeness (QED) is 0.775. The predicted molar refractivity (Wildman–Crippen MR) is 103 cm³/mol. The van der Waals surface area contributed by atoms with Crippen LogP contribution in [0.3, 0.4) is 0 Å². The number of aryl methyl sites for hydroxylation is 3. The average Bonchev–Trinajstić information content (AvgIpc) is 3.05. The summed E-state index contributed by atoms with van der Waals surface area (Å²) in [7, 11) is 0. The van der Waals surface area contributed by atoms with Gasteiger partial charge in [0, 0.05) is 24.7 Å². The molecule has 1 aliphatic rings. The standard InChI is InChI=1S/C22H25N3/c1-15-3-6-18(7-4-15)19-8-9-20(16(2)11-19)21-14-25-13-17(12-23)5-10-22(25)24-21/h3-4,6-9,11,14,17H,5,10,12-13,23H2,1-2H3. The van der Waals surface area contributed by atoms with Gasteiger partial charge >= 0.3 is 0 Å². The Kier molecular flexibility index (Phi) is 4.18. The fourth-order valence-corrected chi connectivity index (χ4v) is 3.71. The number of rotatable bonds is 3. The highest BCUT2D eigenvalue weighted by molar-refractivity contribution is 5.71. The molecule has 25 heavy (non-hydrogen) atoms. The first-order chi connectivity index (χ1) is 12.1. The molecule has 0 bridgehead atoms. The van der Waals surface area contributed by atoms with E-state index in [0.29, 0.717) is 5.92 Å². The van der Waals surface area contributed by atoms with Gasteiger partial charge in [-0.25, -0.2) is 4.98 Å². The third-order valence-corrected chi connectivity index (χ3v) is 5.31. The van der Waals surface area contributed by atoms with E-state index in [0.717, 1.165) is 31.6 Å². The molecular weight excluding hydrogens is 306 g/mol. The second-order valence-corrected chi connectivity index (χ2v) is 7.23. The molecule has 2 aromatic carbocycles. The second kappa shape index (κ2) is 6.49. The minimum atomic E-state index is 0.583. The van der Waals surface area contributed by atoms with Gasteiger partial charge < -0.3 is 10.3 Å². The van der Waals surface area contributed by atoms with Crippen molar-refractivity contribution in [3.63, 3.8) is 0 Å². The molecule has 4 rings (SSSR count). The Morgan fingerprint density at radius 3 is 2.56 bits per heavy atom. The molecule has 0 saturated heterocycles. The molecule has 1 atom stereocenters. The maximum absolute atomic E-state index is 5.85. The zero-order valence-corrected chi connectivity index (χ0v) is 15.0. The van der Waals surface area contributed by atoms with E-state index >= 15 is 0 Å².